The van der Waals surface area contributed by atoms with Gasteiger partial charge in [-0.15, -0.1) is 0 Å². The molecule has 104 valence electrons. The van der Waals surface area contributed by atoms with E-state index in [0.29, 0.717) is 13.1 Å². The zero-order valence-corrected chi connectivity index (χ0v) is 11.4. The largest absolute Gasteiger partial charge is 0.468 e. The lowest BCUT2D eigenvalue weighted by Crippen LogP contribution is -2.41. The van der Waals surface area contributed by atoms with E-state index in [1.54, 1.807) is 0 Å². The fourth-order valence-corrected chi connectivity index (χ4v) is 1.60. The molecule has 1 N–H and O–H groups in total. The monoisotopic (exact) mass is 264 g/mol. The Labute approximate surface area is 113 Å². The lowest BCUT2D eigenvalue weighted by Gasteiger charge is -2.21. The highest BCUT2D eigenvalue weighted by Crippen LogP contribution is 2.04. The first-order valence-corrected chi connectivity index (χ1v) is 6.26. The molecular weight excluding hydrogens is 244 g/mol. The van der Waals surface area contributed by atoms with Crippen molar-refractivity contribution in [2.24, 2.45) is 0 Å². The van der Waals surface area contributed by atoms with Gasteiger partial charge in [-0.05, 0) is 12.1 Å². The molecule has 1 amide bonds. The lowest BCUT2D eigenvalue weighted by molar-refractivity contribution is -0.147. The molecular formula is C14H20N2O3. The van der Waals surface area contributed by atoms with Gasteiger partial charge in [0.25, 0.3) is 0 Å². The van der Waals surface area contributed by atoms with Crippen molar-refractivity contribution < 1.29 is 14.3 Å². The molecule has 19 heavy (non-hydrogen) atoms. The van der Waals surface area contributed by atoms with Gasteiger partial charge >= 0.3 is 5.97 Å². The van der Waals surface area contributed by atoms with Crippen molar-refractivity contribution in [1.29, 1.82) is 0 Å². The summed E-state index contributed by atoms with van der Waals surface area (Å²) in [7, 11) is 1.32. The Morgan fingerprint density at radius 2 is 1.95 bits per heavy atom. The van der Waals surface area contributed by atoms with Crippen LogP contribution in [0.25, 0.3) is 0 Å². The van der Waals surface area contributed by atoms with Gasteiger partial charge < -0.3 is 15.0 Å². The van der Waals surface area contributed by atoms with Gasteiger partial charge in [-0.25, -0.2) is 0 Å². The summed E-state index contributed by atoms with van der Waals surface area (Å²) in [5.74, 6) is -0.531. The summed E-state index contributed by atoms with van der Waals surface area (Å²) in [6.07, 6.45) is 0. The summed E-state index contributed by atoms with van der Waals surface area (Å²) in [4.78, 5) is 24.9. The van der Waals surface area contributed by atoms with E-state index < -0.39 is 5.97 Å². The molecule has 0 atom stereocenters. The van der Waals surface area contributed by atoms with Crippen LogP contribution in [0, 0.1) is 0 Å². The summed E-state index contributed by atoms with van der Waals surface area (Å²) in [5.41, 5.74) is 0.983. The van der Waals surface area contributed by atoms with Crippen molar-refractivity contribution in [3.05, 3.63) is 35.9 Å². The highest BCUT2D eigenvalue weighted by Gasteiger charge is 2.17. The van der Waals surface area contributed by atoms with Crippen molar-refractivity contribution in [2.75, 3.05) is 26.7 Å². The maximum absolute atomic E-state index is 12.0. The van der Waals surface area contributed by atoms with Crippen molar-refractivity contribution in [3.8, 4) is 0 Å². The Hall–Kier alpha value is -1.88. The molecule has 0 spiro atoms. The number of carbonyl (C=O) groups excluding carboxylic acids is 2. The van der Waals surface area contributed by atoms with E-state index in [9.17, 15) is 9.59 Å². The minimum atomic E-state index is -0.416. The molecule has 5 nitrogen and oxygen atoms in total. The average Bonchev–Trinajstić information content (AvgIpc) is 2.44. The highest BCUT2D eigenvalue weighted by atomic mass is 16.5. The van der Waals surface area contributed by atoms with Crippen LogP contribution < -0.4 is 5.32 Å². The van der Waals surface area contributed by atoms with Crippen LogP contribution in [0.5, 0.6) is 0 Å². The number of likely N-dealkylation sites (N-methyl/N-ethyl adjacent to an activating group) is 1. The van der Waals surface area contributed by atoms with Crippen LogP contribution in [0.2, 0.25) is 0 Å². The number of carbonyl (C=O) groups is 2. The molecule has 0 aliphatic rings. The summed E-state index contributed by atoms with van der Waals surface area (Å²) in [6.45, 7) is 3.23. The van der Waals surface area contributed by atoms with Gasteiger partial charge in [-0.2, -0.15) is 0 Å². The van der Waals surface area contributed by atoms with Crippen LogP contribution >= 0.6 is 0 Å². The van der Waals surface area contributed by atoms with Gasteiger partial charge in [0.05, 0.1) is 13.7 Å². The number of esters is 1. The topological polar surface area (TPSA) is 58.6 Å². The van der Waals surface area contributed by atoms with Crippen molar-refractivity contribution in [3.63, 3.8) is 0 Å². The van der Waals surface area contributed by atoms with Crippen LogP contribution in [0.1, 0.15) is 12.5 Å². The molecule has 5 heteroatoms. The summed E-state index contributed by atoms with van der Waals surface area (Å²) >= 11 is 0. The minimum Gasteiger partial charge on any atom is -0.468 e. The van der Waals surface area contributed by atoms with E-state index in [2.05, 4.69) is 10.1 Å². The summed E-state index contributed by atoms with van der Waals surface area (Å²) in [5, 5.41) is 2.96. The average molecular weight is 264 g/mol. The first-order valence-electron chi connectivity index (χ1n) is 6.26. The Balaban J connectivity index is 2.68. The van der Waals surface area contributed by atoms with Gasteiger partial charge in [0.1, 0.15) is 6.54 Å². The van der Waals surface area contributed by atoms with Crippen LogP contribution in [0.15, 0.2) is 30.3 Å². The first kappa shape index (κ1) is 15.2. The zero-order chi connectivity index (χ0) is 14.1. The Bertz CT molecular complexity index is 406. The molecule has 0 bridgehead atoms. The van der Waals surface area contributed by atoms with Crippen LogP contribution in [-0.2, 0) is 20.9 Å². The lowest BCUT2D eigenvalue weighted by atomic mass is 10.2. The molecule has 0 aliphatic heterocycles. The third-order valence-electron chi connectivity index (χ3n) is 2.64. The van der Waals surface area contributed by atoms with E-state index in [1.807, 2.05) is 37.3 Å². The highest BCUT2D eigenvalue weighted by molar-refractivity contribution is 5.83. The second-order valence-corrected chi connectivity index (χ2v) is 4.09. The predicted octanol–water partition coefficient (Wildman–Crippen LogP) is 0.798. The number of rotatable bonds is 7. The Kier molecular flexibility index (Phi) is 6.60. The standard InChI is InChI=1S/C14H20N2O3/c1-3-15-9-13(17)16(11-14(18)19-2)10-12-7-5-4-6-8-12/h4-8,15H,3,9-11H2,1-2H3. The van der Waals surface area contributed by atoms with E-state index in [1.165, 1.54) is 12.0 Å². The number of nitrogens with one attached hydrogen (secondary N) is 1. The van der Waals surface area contributed by atoms with E-state index in [4.69, 9.17) is 0 Å². The molecule has 1 rings (SSSR count). The van der Waals surface area contributed by atoms with Gasteiger partial charge in [0, 0.05) is 6.54 Å². The normalized spacial score (nSPS) is 10.0. The summed E-state index contributed by atoms with van der Waals surface area (Å²) < 4.78 is 4.62. The molecule has 0 heterocycles. The number of nitrogens with zero attached hydrogens (tertiary/aromatic N) is 1. The van der Waals surface area contributed by atoms with Gasteiger partial charge in [0.2, 0.25) is 5.91 Å². The number of hydrogen-bond donors (Lipinski definition) is 1. The third-order valence-corrected chi connectivity index (χ3v) is 2.64. The Morgan fingerprint density at radius 3 is 2.53 bits per heavy atom. The second-order valence-electron chi connectivity index (χ2n) is 4.09. The predicted molar refractivity (Wildman–Crippen MR) is 72.4 cm³/mol. The maximum atomic E-state index is 12.0. The second kappa shape index (κ2) is 8.26. The molecule has 0 saturated carbocycles. The third kappa shape index (κ3) is 5.52. The van der Waals surface area contributed by atoms with Crippen LogP contribution in [0.3, 0.4) is 0 Å². The first-order chi connectivity index (χ1) is 9.17. The molecule has 1 aromatic carbocycles. The van der Waals surface area contributed by atoms with Gasteiger partial charge in [-0.1, -0.05) is 37.3 Å². The minimum absolute atomic E-state index is 0.0321. The SMILES string of the molecule is CCNCC(=O)N(CC(=O)OC)Cc1ccccc1. The summed E-state index contributed by atoms with van der Waals surface area (Å²) in [6, 6.07) is 9.56. The van der Waals surface area contributed by atoms with Gasteiger partial charge in [0.15, 0.2) is 0 Å². The van der Waals surface area contributed by atoms with Crippen molar-refractivity contribution in [1.82, 2.24) is 10.2 Å². The molecule has 0 saturated heterocycles. The molecule has 0 aliphatic carbocycles. The Morgan fingerprint density at radius 1 is 1.26 bits per heavy atom. The fraction of sp³-hybridized carbons (Fsp3) is 0.429. The molecule has 0 unspecified atom stereocenters. The zero-order valence-electron chi connectivity index (χ0n) is 11.4. The van der Waals surface area contributed by atoms with Gasteiger partial charge in [-0.3, -0.25) is 9.59 Å². The number of hydrogen-bond acceptors (Lipinski definition) is 4. The quantitative estimate of drug-likeness (QED) is 0.740. The molecule has 0 aromatic heterocycles. The molecule has 0 fully saturated rings. The number of methoxy groups -OCH3 is 1. The van der Waals surface area contributed by atoms with E-state index in [0.717, 1.165) is 5.56 Å². The maximum Gasteiger partial charge on any atom is 0.325 e. The van der Waals surface area contributed by atoms with Crippen LogP contribution in [-0.4, -0.2) is 43.5 Å². The van der Waals surface area contributed by atoms with Crippen molar-refractivity contribution >= 4 is 11.9 Å². The smallest absolute Gasteiger partial charge is 0.325 e. The van der Waals surface area contributed by atoms with Crippen LogP contribution in [0.4, 0.5) is 0 Å². The van der Waals surface area contributed by atoms with E-state index in [-0.39, 0.29) is 19.0 Å². The van der Waals surface area contributed by atoms with Crippen molar-refractivity contribution in [2.45, 2.75) is 13.5 Å². The molecule has 0 radical (unpaired) electrons. The fourth-order valence-electron chi connectivity index (χ4n) is 1.60. The van der Waals surface area contributed by atoms with E-state index >= 15 is 0 Å². The number of ether oxygens (including phenoxy) is 1. The molecule has 1 aromatic rings. The number of amides is 1. The number of benzene rings is 1.